The largest absolute Gasteiger partial charge is 0.397 e. The third kappa shape index (κ3) is 1.79. The van der Waals surface area contributed by atoms with Crippen molar-refractivity contribution in [1.29, 1.82) is 5.26 Å². The summed E-state index contributed by atoms with van der Waals surface area (Å²) in [4.78, 5) is 3.73. The minimum Gasteiger partial charge on any atom is -0.397 e. The van der Waals surface area contributed by atoms with Gasteiger partial charge in [-0.1, -0.05) is 0 Å². The molecule has 1 aromatic heterocycles. The maximum atomic E-state index is 12.5. The van der Waals surface area contributed by atoms with Crippen LogP contribution in [0.15, 0.2) is 6.20 Å². The van der Waals surface area contributed by atoms with Gasteiger partial charge in [0.05, 0.1) is 23.9 Å². The van der Waals surface area contributed by atoms with Gasteiger partial charge in [0, 0.05) is 17.3 Å². The number of hydrogen-bond donors (Lipinski definition) is 1. The molecule has 5 heteroatoms. The molecule has 0 atom stereocenters. The fraction of sp³-hybridized carbons (Fsp3) is 0.333. The second-order valence-corrected chi connectivity index (χ2v) is 2.83. The Kier molecular flexibility index (Phi) is 2.97. The zero-order valence-corrected chi connectivity index (χ0v) is 7.59. The highest BCUT2D eigenvalue weighted by Gasteiger charge is 2.16. The number of nitrogens with two attached hydrogens (primary N) is 1. The molecule has 0 spiro atoms. The van der Waals surface area contributed by atoms with E-state index in [9.17, 15) is 8.78 Å². The maximum absolute atomic E-state index is 12.5. The smallest absolute Gasteiger partial charge is 0.265 e. The van der Waals surface area contributed by atoms with Crippen LogP contribution in [-0.2, 0) is 6.42 Å². The molecule has 0 aromatic carbocycles. The van der Waals surface area contributed by atoms with Crippen molar-refractivity contribution in [3.8, 4) is 6.07 Å². The summed E-state index contributed by atoms with van der Waals surface area (Å²) >= 11 is 0. The lowest BCUT2D eigenvalue weighted by Gasteiger charge is -2.10. The Bertz CT molecular complexity index is 382. The molecular formula is C9H9F2N3. The van der Waals surface area contributed by atoms with Gasteiger partial charge in [-0.15, -0.1) is 0 Å². The summed E-state index contributed by atoms with van der Waals surface area (Å²) in [5.74, 6) is 0. The van der Waals surface area contributed by atoms with Gasteiger partial charge in [-0.25, -0.2) is 8.78 Å². The van der Waals surface area contributed by atoms with Gasteiger partial charge in [0.15, 0.2) is 0 Å². The number of nitrogen functional groups attached to an aromatic ring is 1. The van der Waals surface area contributed by atoms with Gasteiger partial charge in [0.25, 0.3) is 6.43 Å². The third-order valence-corrected chi connectivity index (χ3v) is 1.95. The molecule has 0 fully saturated rings. The van der Waals surface area contributed by atoms with E-state index in [1.54, 1.807) is 13.0 Å². The Hall–Kier alpha value is -1.70. The minimum atomic E-state index is -2.64. The summed E-state index contributed by atoms with van der Waals surface area (Å²) in [5, 5.41) is 8.47. The van der Waals surface area contributed by atoms with Crippen molar-refractivity contribution in [3.63, 3.8) is 0 Å². The highest BCUT2D eigenvalue weighted by molar-refractivity contribution is 5.54. The van der Waals surface area contributed by atoms with Crippen LogP contribution in [0, 0.1) is 18.3 Å². The average Bonchev–Trinajstić information content (AvgIpc) is 2.13. The summed E-state index contributed by atoms with van der Waals surface area (Å²) < 4.78 is 24.9. The number of aryl methyl sites for hydroxylation is 1. The number of anilines is 1. The van der Waals surface area contributed by atoms with Gasteiger partial charge in [-0.05, 0) is 6.92 Å². The van der Waals surface area contributed by atoms with Crippen LogP contribution >= 0.6 is 0 Å². The molecule has 0 aliphatic heterocycles. The van der Waals surface area contributed by atoms with E-state index in [-0.39, 0.29) is 23.2 Å². The number of nitriles is 1. The Labute approximate surface area is 80.2 Å². The molecule has 0 saturated carbocycles. The monoisotopic (exact) mass is 197 g/mol. The van der Waals surface area contributed by atoms with Crippen LogP contribution in [0.25, 0.3) is 0 Å². The molecule has 0 bridgehead atoms. The van der Waals surface area contributed by atoms with Crippen molar-refractivity contribution in [2.45, 2.75) is 19.8 Å². The lowest BCUT2D eigenvalue weighted by Crippen LogP contribution is -2.04. The molecule has 1 rings (SSSR count). The Morgan fingerprint density at radius 2 is 2.29 bits per heavy atom. The van der Waals surface area contributed by atoms with E-state index in [0.717, 1.165) is 6.20 Å². The van der Waals surface area contributed by atoms with E-state index >= 15 is 0 Å². The molecular weight excluding hydrogens is 188 g/mol. The van der Waals surface area contributed by atoms with E-state index in [0.29, 0.717) is 5.69 Å². The van der Waals surface area contributed by atoms with Crippen molar-refractivity contribution in [2.75, 3.05) is 5.73 Å². The predicted octanol–water partition coefficient (Wildman–Crippen LogP) is 1.98. The van der Waals surface area contributed by atoms with E-state index in [1.165, 1.54) is 0 Å². The van der Waals surface area contributed by atoms with Gasteiger partial charge in [-0.2, -0.15) is 5.26 Å². The van der Waals surface area contributed by atoms with E-state index in [4.69, 9.17) is 11.0 Å². The number of nitrogens with zero attached hydrogens (tertiary/aromatic N) is 2. The van der Waals surface area contributed by atoms with Crippen molar-refractivity contribution in [2.24, 2.45) is 0 Å². The first kappa shape index (κ1) is 10.4. The van der Waals surface area contributed by atoms with Crippen LogP contribution in [0.1, 0.15) is 23.2 Å². The highest BCUT2D eigenvalue weighted by atomic mass is 19.3. The van der Waals surface area contributed by atoms with Crippen molar-refractivity contribution in [1.82, 2.24) is 4.98 Å². The first-order valence-electron chi connectivity index (χ1n) is 3.96. The standard InChI is InChI=1S/C9H9F2N3/c1-5-8(13)6(2-3-12)7(4-14-5)9(10)11/h4,9H,2,13H2,1H3. The van der Waals surface area contributed by atoms with Crippen LogP contribution < -0.4 is 5.73 Å². The molecule has 1 aromatic rings. The van der Waals surface area contributed by atoms with Gasteiger partial charge in [0.1, 0.15) is 0 Å². The summed E-state index contributed by atoms with van der Waals surface area (Å²) in [6.07, 6.45) is -1.69. The van der Waals surface area contributed by atoms with E-state index in [2.05, 4.69) is 4.98 Å². The second-order valence-electron chi connectivity index (χ2n) is 2.83. The number of pyridine rings is 1. The van der Waals surface area contributed by atoms with Crippen LogP contribution in [0.3, 0.4) is 0 Å². The Morgan fingerprint density at radius 3 is 2.79 bits per heavy atom. The van der Waals surface area contributed by atoms with E-state index < -0.39 is 6.43 Å². The highest BCUT2D eigenvalue weighted by Crippen LogP contribution is 2.27. The number of halogens is 2. The molecule has 0 radical (unpaired) electrons. The molecule has 0 aliphatic rings. The zero-order chi connectivity index (χ0) is 10.7. The number of rotatable bonds is 2. The van der Waals surface area contributed by atoms with E-state index in [1.807, 2.05) is 0 Å². The third-order valence-electron chi connectivity index (χ3n) is 1.95. The molecule has 0 saturated heterocycles. The lowest BCUT2D eigenvalue weighted by molar-refractivity contribution is 0.150. The summed E-state index contributed by atoms with van der Waals surface area (Å²) in [5.41, 5.74) is 6.15. The zero-order valence-electron chi connectivity index (χ0n) is 7.59. The number of alkyl halides is 2. The molecule has 0 aliphatic carbocycles. The summed E-state index contributed by atoms with van der Waals surface area (Å²) in [6.45, 7) is 1.62. The Balaban J connectivity index is 3.31. The van der Waals surface area contributed by atoms with Crippen LogP contribution in [-0.4, -0.2) is 4.98 Å². The molecule has 1 heterocycles. The fourth-order valence-electron chi connectivity index (χ4n) is 1.15. The number of aromatic nitrogens is 1. The average molecular weight is 197 g/mol. The molecule has 74 valence electrons. The minimum absolute atomic E-state index is 0.116. The first-order valence-corrected chi connectivity index (χ1v) is 3.96. The number of hydrogen-bond acceptors (Lipinski definition) is 3. The summed E-state index contributed by atoms with van der Waals surface area (Å²) in [6, 6.07) is 1.81. The van der Waals surface area contributed by atoms with Crippen LogP contribution in [0.5, 0.6) is 0 Å². The summed E-state index contributed by atoms with van der Waals surface area (Å²) in [7, 11) is 0. The molecule has 14 heavy (non-hydrogen) atoms. The van der Waals surface area contributed by atoms with Crippen LogP contribution in [0.4, 0.5) is 14.5 Å². The normalized spacial score (nSPS) is 10.2. The topological polar surface area (TPSA) is 62.7 Å². The maximum Gasteiger partial charge on any atom is 0.265 e. The van der Waals surface area contributed by atoms with Gasteiger partial charge in [0.2, 0.25) is 0 Å². The predicted molar refractivity (Wildman–Crippen MR) is 47.7 cm³/mol. The SMILES string of the molecule is Cc1ncc(C(F)F)c(CC#N)c1N. The van der Waals surface area contributed by atoms with Crippen molar-refractivity contribution in [3.05, 3.63) is 23.0 Å². The second kappa shape index (κ2) is 4.01. The fourth-order valence-corrected chi connectivity index (χ4v) is 1.15. The lowest BCUT2D eigenvalue weighted by atomic mass is 10.0. The molecule has 0 unspecified atom stereocenters. The van der Waals surface area contributed by atoms with Crippen molar-refractivity contribution >= 4 is 5.69 Å². The van der Waals surface area contributed by atoms with Gasteiger partial charge in [-0.3, -0.25) is 4.98 Å². The Morgan fingerprint density at radius 1 is 1.64 bits per heavy atom. The molecule has 2 N–H and O–H groups in total. The quantitative estimate of drug-likeness (QED) is 0.788. The first-order chi connectivity index (χ1) is 6.57. The molecule has 0 amide bonds. The van der Waals surface area contributed by atoms with Gasteiger partial charge < -0.3 is 5.73 Å². The van der Waals surface area contributed by atoms with Crippen molar-refractivity contribution < 1.29 is 8.78 Å². The van der Waals surface area contributed by atoms with Crippen LogP contribution in [0.2, 0.25) is 0 Å². The van der Waals surface area contributed by atoms with Gasteiger partial charge >= 0.3 is 0 Å². The molecule has 3 nitrogen and oxygen atoms in total.